The average molecular weight is 433 g/mol. The second-order valence-electron chi connectivity index (χ2n) is 7.29. The molecule has 0 amide bonds. The summed E-state index contributed by atoms with van der Waals surface area (Å²) < 4.78 is 17.2. The first-order valence-corrected chi connectivity index (χ1v) is 10.5. The summed E-state index contributed by atoms with van der Waals surface area (Å²) >= 11 is 0. The quantitative estimate of drug-likeness (QED) is 0.246. The summed E-state index contributed by atoms with van der Waals surface area (Å²) in [6, 6.07) is 28.9. The number of carbonyl (C=O) groups excluding carboxylic acids is 1. The number of carbonyl (C=O) groups is 1. The summed E-state index contributed by atoms with van der Waals surface area (Å²) in [5.74, 6) is 0.106. The summed E-state index contributed by atoms with van der Waals surface area (Å²) in [5, 5.41) is 10.7. The van der Waals surface area contributed by atoms with E-state index in [9.17, 15) is 9.90 Å². The molecule has 5 heteroatoms. The monoisotopic (exact) mass is 432 g/mol. The molecule has 0 aromatic heterocycles. The van der Waals surface area contributed by atoms with Crippen LogP contribution in [0.2, 0.25) is 0 Å². The number of benzene rings is 3. The average Bonchev–Trinajstić information content (AvgIpc) is 2.85. The van der Waals surface area contributed by atoms with Crippen LogP contribution in [-0.4, -0.2) is 30.2 Å². The van der Waals surface area contributed by atoms with Gasteiger partial charge in [-0.15, -0.1) is 0 Å². The van der Waals surface area contributed by atoms with Gasteiger partial charge in [-0.2, -0.15) is 0 Å². The Kier molecular flexibility index (Phi) is 9.68. The Morgan fingerprint density at radius 2 is 1.25 bits per heavy atom. The summed E-state index contributed by atoms with van der Waals surface area (Å²) in [6.07, 6.45) is 0.383. The minimum atomic E-state index is -0.974. The van der Waals surface area contributed by atoms with E-state index in [4.69, 9.17) is 14.2 Å². The number of aliphatic hydroxyl groups is 1. The third-order valence-electron chi connectivity index (χ3n) is 4.76. The predicted molar refractivity (Wildman–Crippen MR) is 123 cm³/mol. The molecule has 32 heavy (non-hydrogen) atoms. The highest BCUT2D eigenvalue weighted by atomic mass is 16.5. The van der Waals surface area contributed by atoms with Gasteiger partial charge in [-0.3, -0.25) is 4.79 Å². The van der Waals surface area contributed by atoms with Gasteiger partial charge in [0.05, 0.1) is 19.8 Å². The molecule has 3 rings (SSSR count). The van der Waals surface area contributed by atoms with E-state index in [2.05, 4.69) is 0 Å². The van der Waals surface area contributed by atoms with Crippen LogP contribution in [0.5, 0.6) is 0 Å². The third kappa shape index (κ3) is 8.12. The molecule has 0 aliphatic heterocycles. The molecule has 2 atom stereocenters. The van der Waals surface area contributed by atoms with Crippen molar-refractivity contribution in [2.24, 2.45) is 0 Å². The maximum atomic E-state index is 11.6. The highest BCUT2D eigenvalue weighted by molar-refractivity contribution is 5.70. The number of rotatable bonds is 13. The first-order valence-electron chi connectivity index (χ1n) is 10.5. The van der Waals surface area contributed by atoms with Gasteiger partial charge >= 0.3 is 0 Å². The van der Waals surface area contributed by atoms with Crippen molar-refractivity contribution >= 4 is 6.29 Å². The summed E-state index contributed by atoms with van der Waals surface area (Å²) in [7, 11) is 0. The molecule has 0 fully saturated rings. The Hall–Kier alpha value is -3.25. The molecule has 1 N–H and O–H groups in total. The van der Waals surface area contributed by atoms with Gasteiger partial charge in [0.15, 0.2) is 12.0 Å². The van der Waals surface area contributed by atoms with Gasteiger partial charge < -0.3 is 19.3 Å². The van der Waals surface area contributed by atoms with E-state index < -0.39 is 12.2 Å². The molecule has 3 aromatic carbocycles. The van der Waals surface area contributed by atoms with Crippen LogP contribution in [0, 0.1) is 0 Å². The maximum absolute atomic E-state index is 11.6. The van der Waals surface area contributed by atoms with Crippen molar-refractivity contribution in [3.05, 3.63) is 120 Å². The molecule has 0 aliphatic carbocycles. The normalized spacial score (nSPS) is 13.3. The first-order chi connectivity index (χ1) is 15.7. The lowest BCUT2D eigenvalue weighted by Gasteiger charge is -2.21. The van der Waals surface area contributed by atoms with Gasteiger partial charge in [-0.1, -0.05) is 91.0 Å². The summed E-state index contributed by atoms with van der Waals surface area (Å²) in [4.78, 5) is 11.6. The van der Waals surface area contributed by atoms with Crippen molar-refractivity contribution in [1.82, 2.24) is 0 Å². The molecule has 0 bridgehead atoms. The van der Waals surface area contributed by atoms with E-state index in [1.54, 1.807) is 0 Å². The van der Waals surface area contributed by atoms with Crippen molar-refractivity contribution in [2.75, 3.05) is 6.61 Å². The van der Waals surface area contributed by atoms with Crippen molar-refractivity contribution in [1.29, 1.82) is 0 Å². The Morgan fingerprint density at radius 3 is 1.78 bits per heavy atom. The third-order valence-corrected chi connectivity index (χ3v) is 4.76. The lowest BCUT2D eigenvalue weighted by molar-refractivity contribution is -0.108. The molecule has 3 aromatic rings. The van der Waals surface area contributed by atoms with E-state index in [0.29, 0.717) is 12.9 Å². The largest absolute Gasteiger partial charge is 0.486 e. The van der Waals surface area contributed by atoms with Crippen LogP contribution < -0.4 is 0 Å². The van der Waals surface area contributed by atoms with Crippen LogP contribution in [0.3, 0.4) is 0 Å². The van der Waals surface area contributed by atoms with Crippen LogP contribution in [0.25, 0.3) is 0 Å². The van der Waals surface area contributed by atoms with E-state index >= 15 is 0 Å². The number of hydrogen-bond acceptors (Lipinski definition) is 5. The van der Waals surface area contributed by atoms with E-state index in [0.717, 1.165) is 16.7 Å². The van der Waals surface area contributed by atoms with Crippen molar-refractivity contribution in [3.8, 4) is 0 Å². The molecule has 0 saturated carbocycles. The van der Waals surface area contributed by atoms with Crippen LogP contribution in [0.1, 0.15) is 16.7 Å². The van der Waals surface area contributed by atoms with Gasteiger partial charge in [-0.25, -0.2) is 0 Å². The zero-order chi connectivity index (χ0) is 22.4. The molecule has 5 nitrogen and oxygen atoms in total. The Morgan fingerprint density at radius 1 is 0.750 bits per heavy atom. The predicted octanol–water partition coefficient (Wildman–Crippen LogP) is 4.45. The van der Waals surface area contributed by atoms with Crippen molar-refractivity contribution < 1.29 is 24.1 Å². The fourth-order valence-electron chi connectivity index (χ4n) is 3.03. The summed E-state index contributed by atoms with van der Waals surface area (Å²) in [5.41, 5.74) is 2.91. The standard InChI is InChI=1S/C27H28O5/c28-17-25(31-19-23-12-6-2-7-13-23)16-27(32-20-24-14-8-3-9-15-24)26(29)21-30-18-22-10-4-1-5-11-22/h1-17,26-27,29H,18-21H2/b25-16-/t26-,27+/m1/s1. The number of ether oxygens (including phenoxy) is 3. The first kappa shape index (κ1) is 23.4. The van der Waals surface area contributed by atoms with Crippen LogP contribution in [0.4, 0.5) is 0 Å². The highest BCUT2D eigenvalue weighted by Gasteiger charge is 2.20. The van der Waals surface area contributed by atoms with Crippen molar-refractivity contribution in [3.63, 3.8) is 0 Å². The van der Waals surface area contributed by atoms with Gasteiger partial charge in [0.25, 0.3) is 0 Å². The zero-order valence-corrected chi connectivity index (χ0v) is 17.9. The molecule has 166 valence electrons. The minimum Gasteiger partial charge on any atom is -0.486 e. The van der Waals surface area contributed by atoms with Crippen LogP contribution in [-0.2, 0) is 38.8 Å². The molecule has 0 heterocycles. The number of aldehydes is 1. The number of aliphatic hydroxyl groups excluding tert-OH is 1. The van der Waals surface area contributed by atoms with Crippen molar-refractivity contribution in [2.45, 2.75) is 32.0 Å². The zero-order valence-electron chi connectivity index (χ0n) is 17.9. The van der Waals surface area contributed by atoms with E-state index in [1.807, 2.05) is 91.0 Å². The molecule has 0 saturated heterocycles. The second kappa shape index (κ2) is 13.2. The topological polar surface area (TPSA) is 65.0 Å². The van der Waals surface area contributed by atoms with Gasteiger partial charge in [0.2, 0.25) is 0 Å². The fourth-order valence-corrected chi connectivity index (χ4v) is 3.03. The number of hydrogen-bond donors (Lipinski definition) is 1. The van der Waals surface area contributed by atoms with E-state index in [-0.39, 0.29) is 25.6 Å². The fraction of sp³-hybridized carbons (Fsp3) is 0.222. The maximum Gasteiger partial charge on any atom is 0.184 e. The number of allylic oxidation sites excluding steroid dienone is 1. The Balaban J connectivity index is 1.63. The van der Waals surface area contributed by atoms with Gasteiger partial charge in [0, 0.05) is 0 Å². The minimum absolute atomic E-state index is 0.0513. The Bertz CT molecular complexity index is 942. The molecule has 0 unspecified atom stereocenters. The summed E-state index contributed by atoms with van der Waals surface area (Å²) in [6.45, 7) is 0.952. The van der Waals surface area contributed by atoms with Crippen LogP contribution >= 0.6 is 0 Å². The molecule has 0 radical (unpaired) electrons. The lowest BCUT2D eigenvalue weighted by Crippen LogP contribution is -2.32. The smallest absolute Gasteiger partial charge is 0.184 e. The van der Waals surface area contributed by atoms with Gasteiger partial charge in [-0.05, 0) is 22.8 Å². The molecular weight excluding hydrogens is 404 g/mol. The molecule has 0 aliphatic rings. The lowest BCUT2D eigenvalue weighted by atomic mass is 10.1. The van der Waals surface area contributed by atoms with Crippen LogP contribution in [0.15, 0.2) is 103 Å². The molecule has 0 spiro atoms. The SMILES string of the molecule is O=C/C(=C/[C@H](OCc1ccccc1)[C@H](O)COCc1ccccc1)OCc1ccccc1. The molecular formula is C27H28O5. The Labute approximate surface area is 188 Å². The van der Waals surface area contributed by atoms with Gasteiger partial charge in [0.1, 0.15) is 18.8 Å². The second-order valence-corrected chi connectivity index (χ2v) is 7.29. The van der Waals surface area contributed by atoms with E-state index in [1.165, 1.54) is 6.08 Å². The highest BCUT2D eigenvalue weighted by Crippen LogP contribution is 2.13.